The molecule has 1 aromatic rings. The van der Waals surface area contributed by atoms with Crippen LogP contribution in [0.2, 0.25) is 0 Å². The van der Waals surface area contributed by atoms with E-state index < -0.39 is 23.6 Å². The molecule has 1 fully saturated rings. The number of halogens is 3. The summed E-state index contributed by atoms with van der Waals surface area (Å²) in [4.78, 5) is 24.8. The number of nitrogens with one attached hydrogen (secondary N) is 1. The van der Waals surface area contributed by atoms with Crippen LogP contribution in [-0.4, -0.2) is 47.6 Å². The first-order valence-corrected chi connectivity index (χ1v) is 8.04. The number of benzene rings is 1. The number of piperidine rings is 1. The van der Waals surface area contributed by atoms with E-state index in [1.165, 1.54) is 18.2 Å². The molecule has 1 atom stereocenters. The summed E-state index contributed by atoms with van der Waals surface area (Å²) in [5, 5.41) is 11.7. The van der Waals surface area contributed by atoms with Gasteiger partial charge in [-0.05, 0) is 51.4 Å². The molecule has 2 N–H and O–H groups in total. The molecule has 8 heteroatoms. The van der Waals surface area contributed by atoms with Crippen LogP contribution in [0.15, 0.2) is 18.2 Å². The van der Waals surface area contributed by atoms with E-state index in [1.54, 1.807) is 6.92 Å². The van der Waals surface area contributed by atoms with Crippen LogP contribution in [0.5, 0.6) is 0 Å². The minimum Gasteiger partial charge on any atom is -0.481 e. The van der Waals surface area contributed by atoms with Crippen molar-refractivity contribution < 1.29 is 23.5 Å². The summed E-state index contributed by atoms with van der Waals surface area (Å²) in [5.74, 6) is -2.60. The van der Waals surface area contributed by atoms with Crippen LogP contribution >= 0.6 is 12.4 Å². The van der Waals surface area contributed by atoms with Crippen molar-refractivity contribution in [1.82, 2.24) is 10.2 Å². The van der Waals surface area contributed by atoms with Crippen LogP contribution in [0, 0.1) is 17.6 Å². The highest BCUT2D eigenvalue weighted by Crippen LogP contribution is 2.17. The Labute approximate surface area is 151 Å². The van der Waals surface area contributed by atoms with Crippen LogP contribution in [0.25, 0.3) is 0 Å². The smallest absolute Gasteiger partial charge is 0.306 e. The van der Waals surface area contributed by atoms with Gasteiger partial charge < -0.3 is 10.4 Å². The largest absolute Gasteiger partial charge is 0.481 e. The molecular formula is C17H23ClF2N2O3. The van der Waals surface area contributed by atoms with Gasteiger partial charge in [-0.3, -0.25) is 14.5 Å². The number of carboxylic acids is 1. The van der Waals surface area contributed by atoms with Gasteiger partial charge in [-0.25, -0.2) is 8.78 Å². The number of carboxylic acid groups (broad SMARTS) is 1. The maximum atomic E-state index is 13.6. The Balaban J connectivity index is 0.00000312. The van der Waals surface area contributed by atoms with E-state index in [0.717, 1.165) is 0 Å². The summed E-state index contributed by atoms with van der Waals surface area (Å²) in [6.45, 7) is 2.97. The Hall–Kier alpha value is -1.73. The average Bonchev–Trinajstić information content (AvgIpc) is 2.51. The highest BCUT2D eigenvalue weighted by atomic mass is 35.5. The molecule has 0 aliphatic carbocycles. The van der Waals surface area contributed by atoms with E-state index in [1.807, 2.05) is 4.90 Å². The van der Waals surface area contributed by atoms with E-state index in [4.69, 9.17) is 5.11 Å². The summed E-state index contributed by atoms with van der Waals surface area (Å²) in [7, 11) is 0. The predicted octanol–water partition coefficient (Wildman–Crippen LogP) is 2.23. The number of hydrogen-bond acceptors (Lipinski definition) is 3. The Morgan fingerprint density at radius 2 is 1.84 bits per heavy atom. The van der Waals surface area contributed by atoms with Gasteiger partial charge in [0.05, 0.1) is 12.5 Å². The van der Waals surface area contributed by atoms with Crippen molar-refractivity contribution in [3.8, 4) is 0 Å². The molecule has 0 saturated carbocycles. The van der Waals surface area contributed by atoms with Crippen molar-refractivity contribution in [2.24, 2.45) is 5.92 Å². The topological polar surface area (TPSA) is 69.6 Å². The van der Waals surface area contributed by atoms with E-state index in [-0.39, 0.29) is 42.8 Å². The Bertz CT molecular complexity index is 587. The van der Waals surface area contributed by atoms with Gasteiger partial charge in [0, 0.05) is 11.6 Å². The molecule has 1 aromatic carbocycles. The molecule has 0 bridgehead atoms. The highest BCUT2D eigenvalue weighted by molar-refractivity contribution is 5.85. The van der Waals surface area contributed by atoms with Crippen molar-refractivity contribution in [2.75, 3.05) is 19.6 Å². The second-order valence-electron chi connectivity index (χ2n) is 6.26. The summed E-state index contributed by atoms with van der Waals surface area (Å²) in [6.07, 6.45) is 1.13. The zero-order valence-electron chi connectivity index (χ0n) is 14.0. The first-order valence-electron chi connectivity index (χ1n) is 8.04. The van der Waals surface area contributed by atoms with Crippen molar-refractivity contribution in [2.45, 2.75) is 32.2 Å². The normalized spacial score (nSPS) is 16.8. The number of hydrogen-bond donors (Lipinski definition) is 2. The summed E-state index contributed by atoms with van der Waals surface area (Å²) in [6, 6.07) is 3.29. The fraction of sp³-hybridized carbons (Fsp3) is 0.529. The Kier molecular flexibility index (Phi) is 8.25. The van der Waals surface area contributed by atoms with Gasteiger partial charge in [0.15, 0.2) is 0 Å². The third-order valence-corrected chi connectivity index (χ3v) is 4.28. The Morgan fingerprint density at radius 1 is 1.28 bits per heavy atom. The first-order chi connectivity index (χ1) is 11.4. The van der Waals surface area contributed by atoms with Crippen molar-refractivity contribution in [3.05, 3.63) is 35.4 Å². The molecule has 0 radical (unpaired) electrons. The van der Waals surface area contributed by atoms with E-state index >= 15 is 0 Å². The van der Waals surface area contributed by atoms with Crippen LogP contribution in [0.1, 0.15) is 25.3 Å². The molecular weight excluding hydrogens is 354 g/mol. The van der Waals surface area contributed by atoms with Gasteiger partial charge in [0.1, 0.15) is 11.6 Å². The summed E-state index contributed by atoms with van der Waals surface area (Å²) >= 11 is 0. The SMILES string of the molecule is CC(Cc1c(F)cccc1F)NC(=O)CN1CCC(C(=O)O)CC1.Cl. The van der Waals surface area contributed by atoms with Gasteiger partial charge >= 0.3 is 5.97 Å². The maximum absolute atomic E-state index is 13.6. The monoisotopic (exact) mass is 376 g/mol. The van der Waals surface area contributed by atoms with E-state index in [9.17, 15) is 18.4 Å². The molecule has 0 aromatic heterocycles. The van der Waals surface area contributed by atoms with Crippen molar-refractivity contribution >= 4 is 24.3 Å². The molecule has 2 rings (SSSR count). The molecule has 0 spiro atoms. The second-order valence-corrected chi connectivity index (χ2v) is 6.26. The minimum absolute atomic E-state index is 0. The van der Waals surface area contributed by atoms with Gasteiger partial charge in [-0.1, -0.05) is 6.07 Å². The lowest BCUT2D eigenvalue weighted by Gasteiger charge is -2.29. The van der Waals surface area contributed by atoms with Crippen LogP contribution in [0.4, 0.5) is 8.78 Å². The maximum Gasteiger partial charge on any atom is 0.306 e. The fourth-order valence-corrected chi connectivity index (χ4v) is 2.95. The number of amides is 1. The number of rotatable bonds is 6. The number of carbonyl (C=O) groups is 2. The lowest BCUT2D eigenvalue weighted by Crippen LogP contribution is -2.45. The first kappa shape index (κ1) is 21.3. The van der Waals surface area contributed by atoms with Crippen molar-refractivity contribution in [3.63, 3.8) is 0 Å². The molecule has 1 aliphatic rings. The van der Waals surface area contributed by atoms with Gasteiger partial charge in [0.25, 0.3) is 0 Å². The third-order valence-electron chi connectivity index (χ3n) is 4.28. The predicted molar refractivity (Wildman–Crippen MR) is 91.7 cm³/mol. The molecule has 1 saturated heterocycles. The minimum atomic E-state index is -0.792. The summed E-state index contributed by atoms with van der Waals surface area (Å²) < 4.78 is 27.2. The standard InChI is InChI=1S/C17H22F2N2O3.ClH/c1-11(9-13-14(18)3-2-4-15(13)19)20-16(22)10-21-7-5-12(6-8-21)17(23)24;/h2-4,11-12H,5-10H2,1H3,(H,20,22)(H,23,24);1H. The van der Waals surface area contributed by atoms with Crippen LogP contribution in [0.3, 0.4) is 0 Å². The average molecular weight is 377 g/mol. The van der Waals surface area contributed by atoms with E-state index in [2.05, 4.69) is 5.32 Å². The van der Waals surface area contributed by atoms with Gasteiger partial charge in [-0.2, -0.15) is 0 Å². The zero-order chi connectivity index (χ0) is 17.7. The number of aliphatic carboxylic acids is 1. The van der Waals surface area contributed by atoms with Crippen molar-refractivity contribution in [1.29, 1.82) is 0 Å². The third kappa shape index (κ3) is 6.25. The molecule has 1 aliphatic heterocycles. The molecule has 1 heterocycles. The fourth-order valence-electron chi connectivity index (χ4n) is 2.95. The zero-order valence-corrected chi connectivity index (χ0v) is 14.8. The van der Waals surface area contributed by atoms with E-state index in [0.29, 0.717) is 25.9 Å². The number of nitrogens with zero attached hydrogens (tertiary/aromatic N) is 1. The molecule has 5 nitrogen and oxygen atoms in total. The lowest BCUT2D eigenvalue weighted by atomic mass is 9.97. The van der Waals surface area contributed by atoms with Crippen LogP contribution < -0.4 is 5.32 Å². The van der Waals surface area contributed by atoms with Gasteiger partial charge in [0.2, 0.25) is 5.91 Å². The number of likely N-dealkylation sites (tertiary alicyclic amines) is 1. The molecule has 25 heavy (non-hydrogen) atoms. The van der Waals surface area contributed by atoms with Crippen LogP contribution in [-0.2, 0) is 16.0 Å². The second kappa shape index (κ2) is 9.68. The highest BCUT2D eigenvalue weighted by Gasteiger charge is 2.25. The lowest BCUT2D eigenvalue weighted by molar-refractivity contribution is -0.143. The number of carbonyl (C=O) groups excluding carboxylic acids is 1. The molecule has 1 amide bonds. The summed E-state index contributed by atoms with van der Waals surface area (Å²) in [5.41, 5.74) is -0.0347. The molecule has 140 valence electrons. The molecule has 1 unspecified atom stereocenters. The van der Waals surface area contributed by atoms with Gasteiger partial charge in [-0.15, -0.1) is 12.4 Å². The Morgan fingerprint density at radius 3 is 2.36 bits per heavy atom. The quantitative estimate of drug-likeness (QED) is 0.798.